The van der Waals surface area contributed by atoms with Crippen molar-refractivity contribution in [2.24, 2.45) is 0 Å². The molecule has 0 bridgehead atoms. The van der Waals surface area contributed by atoms with Gasteiger partial charge in [0.15, 0.2) is 0 Å². The van der Waals surface area contributed by atoms with Crippen LogP contribution >= 0.6 is 0 Å². The normalized spacial score (nSPS) is 13.1. The maximum Gasteiger partial charge on any atom is 0.0714 e. The second kappa shape index (κ2) is 12.6. The second-order valence-electron chi connectivity index (χ2n) is 16.4. The van der Waals surface area contributed by atoms with Gasteiger partial charge in [0.05, 0.1) is 16.4 Å². The highest BCUT2D eigenvalue weighted by Crippen LogP contribution is 2.57. The van der Waals surface area contributed by atoms with Gasteiger partial charge in [-0.25, -0.2) is 0 Å². The van der Waals surface area contributed by atoms with E-state index in [0.717, 1.165) is 5.69 Å². The maximum atomic E-state index is 2.51. The lowest BCUT2D eigenvalue weighted by Gasteiger charge is -2.34. The first-order valence-corrected chi connectivity index (χ1v) is 20.9. The molecule has 1 heteroatoms. The van der Waals surface area contributed by atoms with E-state index in [4.69, 9.17) is 0 Å². The van der Waals surface area contributed by atoms with Crippen molar-refractivity contribution in [2.75, 3.05) is 0 Å². The summed E-state index contributed by atoms with van der Waals surface area (Å²) in [6, 6.07) is 83.8. The van der Waals surface area contributed by atoms with Crippen molar-refractivity contribution in [1.82, 2.24) is 4.57 Å². The van der Waals surface area contributed by atoms with Crippen molar-refractivity contribution in [1.29, 1.82) is 0 Å². The first-order valence-electron chi connectivity index (χ1n) is 20.9. The van der Waals surface area contributed by atoms with E-state index < -0.39 is 5.41 Å². The molecule has 0 atom stereocenters. The SMILES string of the molecule is c1ccc(C2(c3ccccc3)c3cc(-c4cccc5cc6c7ccccc7c7ccccc7c6cc45)ccc3-c3ccc(-n4c5ccccc5c5ccccc54)cc32)cc1. The molecule has 1 aromatic heterocycles. The Kier molecular flexibility index (Phi) is 7.00. The van der Waals surface area contributed by atoms with Crippen LogP contribution in [0.3, 0.4) is 0 Å². The van der Waals surface area contributed by atoms with Gasteiger partial charge in [-0.1, -0.05) is 182 Å². The highest BCUT2D eigenvalue weighted by Gasteiger charge is 2.46. The van der Waals surface area contributed by atoms with Gasteiger partial charge in [0.1, 0.15) is 0 Å². The van der Waals surface area contributed by atoms with Crippen LogP contribution in [0, 0.1) is 0 Å². The molecular weight excluding hydrogens is 723 g/mol. The van der Waals surface area contributed by atoms with E-state index in [2.05, 4.69) is 229 Å². The fourth-order valence-electron chi connectivity index (χ4n) is 10.9. The van der Waals surface area contributed by atoms with E-state index in [1.165, 1.54) is 109 Å². The van der Waals surface area contributed by atoms with Gasteiger partial charge in [-0.2, -0.15) is 0 Å². The lowest BCUT2D eigenvalue weighted by atomic mass is 9.67. The van der Waals surface area contributed by atoms with E-state index in [9.17, 15) is 0 Å². The number of benzene rings is 11. The summed E-state index contributed by atoms with van der Waals surface area (Å²) < 4.78 is 2.45. The van der Waals surface area contributed by atoms with Gasteiger partial charge < -0.3 is 4.57 Å². The van der Waals surface area contributed by atoms with E-state index in [1.54, 1.807) is 0 Å². The van der Waals surface area contributed by atoms with Gasteiger partial charge >= 0.3 is 0 Å². The highest BCUT2D eigenvalue weighted by atomic mass is 15.0. The zero-order valence-electron chi connectivity index (χ0n) is 32.8. The molecular formula is C59H37N. The number of nitrogens with zero attached hydrogens (tertiary/aromatic N) is 1. The largest absolute Gasteiger partial charge is 0.309 e. The monoisotopic (exact) mass is 759 g/mol. The molecule has 11 aromatic carbocycles. The average molecular weight is 760 g/mol. The number of fused-ring (bicyclic) bond motifs is 13. The smallest absolute Gasteiger partial charge is 0.0714 e. The Morgan fingerprint density at radius 2 is 0.767 bits per heavy atom. The quantitative estimate of drug-likeness (QED) is 0.124. The van der Waals surface area contributed by atoms with Crippen LogP contribution in [-0.4, -0.2) is 4.57 Å². The fourth-order valence-corrected chi connectivity index (χ4v) is 10.9. The van der Waals surface area contributed by atoms with Crippen molar-refractivity contribution in [3.05, 3.63) is 247 Å². The van der Waals surface area contributed by atoms with Gasteiger partial charge in [-0.15, -0.1) is 0 Å². The Morgan fingerprint density at radius 3 is 1.37 bits per heavy atom. The third kappa shape index (κ3) is 4.52. The molecule has 1 heterocycles. The number of hydrogen-bond acceptors (Lipinski definition) is 0. The maximum absolute atomic E-state index is 2.51. The standard InChI is InChI=1S/C59H37N/c1-3-17-40(18-4-1)59(41-19-5-2-6-20-41)55-35-39(43-27-15-16-38-34-53-46-23-9-7-21-44(46)45-22-8-10-24-47(45)54(53)37-52(38)43)30-32-48(55)49-33-31-42(36-56(49)59)60-57-28-13-11-25-50(57)51-26-12-14-29-58(51)60/h1-37H. The predicted octanol–water partition coefficient (Wildman–Crippen LogP) is 15.4. The van der Waals surface area contributed by atoms with E-state index >= 15 is 0 Å². The van der Waals surface area contributed by atoms with Crippen molar-refractivity contribution in [3.8, 4) is 27.9 Å². The molecule has 1 aliphatic carbocycles. The minimum absolute atomic E-state index is 0.565. The van der Waals surface area contributed by atoms with Gasteiger partial charge in [0, 0.05) is 16.5 Å². The van der Waals surface area contributed by atoms with Crippen LogP contribution in [0.2, 0.25) is 0 Å². The van der Waals surface area contributed by atoms with Gasteiger partial charge in [-0.3, -0.25) is 0 Å². The van der Waals surface area contributed by atoms with Crippen molar-refractivity contribution >= 4 is 64.9 Å². The highest BCUT2D eigenvalue weighted by molar-refractivity contribution is 6.27. The lowest BCUT2D eigenvalue weighted by molar-refractivity contribution is 0.768. The molecule has 0 N–H and O–H groups in total. The summed E-state index contributed by atoms with van der Waals surface area (Å²) in [5.74, 6) is 0. The molecule has 13 rings (SSSR count). The Bertz CT molecular complexity index is 3610. The Balaban J connectivity index is 1.09. The molecule has 278 valence electrons. The minimum atomic E-state index is -0.565. The van der Waals surface area contributed by atoms with Gasteiger partial charge in [0.2, 0.25) is 0 Å². The minimum Gasteiger partial charge on any atom is -0.309 e. The molecule has 12 aromatic rings. The van der Waals surface area contributed by atoms with Gasteiger partial charge in [0.25, 0.3) is 0 Å². The molecule has 0 saturated carbocycles. The first-order chi connectivity index (χ1) is 29.8. The van der Waals surface area contributed by atoms with Crippen molar-refractivity contribution in [3.63, 3.8) is 0 Å². The number of para-hydroxylation sites is 2. The van der Waals surface area contributed by atoms with Gasteiger partial charge in [-0.05, 0) is 130 Å². The van der Waals surface area contributed by atoms with E-state index in [1.807, 2.05) is 0 Å². The van der Waals surface area contributed by atoms with Crippen molar-refractivity contribution < 1.29 is 0 Å². The van der Waals surface area contributed by atoms with Crippen LogP contribution in [0.1, 0.15) is 22.3 Å². The Labute approximate surface area is 348 Å². The zero-order valence-corrected chi connectivity index (χ0v) is 32.8. The third-order valence-corrected chi connectivity index (χ3v) is 13.4. The van der Waals surface area contributed by atoms with Crippen molar-refractivity contribution in [2.45, 2.75) is 5.41 Å². The third-order valence-electron chi connectivity index (χ3n) is 13.4. The molecule has 0 spiro atoms. The first kappa shape index (κ1) is 33.3. The Morgan fingerprint density at radius 1 is 0.283 bits per heavy atom. The van der Waals surface area contributed by atoms with E-state index in [-0.39, 0.29) is 0 Å². The number of aromatic nitrogens is 1. The second-order valence-corrected chi connectivity index (χ2v) is 16.4. The molecule has 1 aliphatic rings. The van der Waals surface area contributed by atoms with Crippen LogP contribution in [0.4, 0.5) is 0 Å². The summed E-state index contributed by atoms with van der Waals surface area (Å²) in [5, 5.41) is 12.8. The predicted molar refractivity (Wildman–Crippen MR) is 254 cm³/mol. The molecule has 0 fully saturated rings. The van der Waals surface area contributed by atoms with Crippen LogP contribution in [0.25, 0.3) is 92.8 Å². The number of hydrogen-bond donors (Lipinski definition) is 0. The summed E-state index contributed by atoms with van der Waals surface area (Å²) in [7, 11) is 0. The summed E-state index contributed by atoms with van der Waals surface area (Å²) >= 11 is 0. The summed E-state index contributed by atoms with van der Waals surface area (Å²) in [4.78, 5) is 0. The molecule has 0 aliphatic heterocycles. The topological polar surface area (TPSA) is 4.93 Å². The van der Waals surface area contributed by atoms with E-state index in [0.29, 0.717) is 0 Å². The summed E-state index contributed by atoms with van der Waals surface area (Å²) in [6.45, 7) is 0. The molecule has 1 nitrogen and oxygen atoms in total. The van der Waals surface area contributed by atoms with Crippen LogP contribution in [-0.2, 0) is 5.41 Å². The molecule has 0 saturated heterocycles. The van der Waals surface area contributed by atoms with Crippen LogP contribution in [0.15, 0.2) is 224 Å². The molecule has 0 amide bonds. The average Bonchev–Trinajstić information content (AvgIpc) is 3.81. The summed E-state index contributed by atoms with van der Waals surface area (Å²) in [5.41, 5.74) is 13.2. The number of rotatable bonds is 4. The van der Waals surface area contributed by atoms with Crippen LogP contribution in [0.5, 0.6) is 0 Å². The molecule has 0 unspecified atom stereocenters. The lowest BCUT2D eigenvalue weighted by Crippen LogP contribution is -2.28. The molecule has 0 radical (unpaired) electrons. The fraction of sp³-hybridized carbons (Fsp3) is 0.0169. The van der Waals surface area contributed by atoms with Crippen LogP contribution < -0.4 is 0 Å². The molecule has 60 heavy (non-hydrogen) atoms. The Hall–Kier alpha value is -7.74. The summed E-state index contributed by atoms with van der Waals surface area (Å²) in [6.07, 6.45) is 0. The zero-order chi connectivity index (χ0) is 39.4.